The summed E-state index contributed by atoms with van der Waals surface area (Å²) in [5.74, 6) is -0.613. The minimum atomic E-state index is -4.25. The fourth-order valence-corrected chi connectivity index (χ4v) is 1.64. The second-order valence-corrected chi connectivity index (χ2v) is 3.91. The molecule has 0 aliphatic rings. The van der Waals surface area contributed by atoms with Crippen molar-refractivity contribution in [1.29, 1.82) is 0 Å². The summed E-state index contributed by atoms with van der Waals surface area (Å²) in [7, 11) is 0. The van der Waals surface area contributed by atoms with Crippen molar-refractivity contribution in [3.8, 4) is 0 Å². The molecule has 4 nitrogen and oxygen atoms in total. The Bertz CT molecular complexity index is 403. The van der Waals surface area contributed by atoms with Crippen LogP contribution >= 0.6 is 15.9 Å². The highest BCUT2D eigenvalue weighted by Gasteiger charge is 2.27. The molecule has 0 aliphatic carbocycles. The van der Waals surface area contributed by atoms with Gasteiger partial charge in [-0.1, -0.05) is 0 Å². The number of carbonyl (C=O) groups is 1. The molecule has 1 aromatic heterocycles. The number of aromatic nitrogens is 2. The fourth-order valence-electron chi connectivity index (χ4n) is 1.10. The molecule has 0 N–H and O–H groups in total. The van der Waals surface area contributed by atoms with E-state index in [-0.39, 0.29) is 23.3 Å². The molecule has 0 aromatic carbocycles. The van der Waals surface area contributed by atoms with E-state index in [0.29, 0.717) is 0 Å². The van der Waals surface area contributed by atoms with Gasteiger partial charge in [-0.15, -0.1) is 0 Å². The molecular formula is C9H10BrF3N2O2. The number of alkyl halides is 3. The SMILES string of the molecule is CCOC(=O)c1cnn(CCC(F)(F)F)c1Br. The molecule has 1 rings (SSSR count). The number of nitrogens with zero attached hydrogens (tertiary/aromatic N) is 2. The van der Waals surface area contributed by atoms with Gasteiger partial charge in [0.2, 0.25) is 0 Å². The lowest BCUT2D eigenvalue weighted by molar-refractivity contribution is -0.137. The molecule has 1 heterocycles. The fraction of sp³-hybridized carbons (Fsp3) is 0.556. The Kier molecular flexibility index (Phi) is 4.55. The molecule has 0 amide bonds. The summed E-state index contributed by atoms with van der Waals surface area (Å²) >= 11 is 3.02. The number of halogens is 4. The number of hydrogen-bond acceptors (Lipinski definition) is 3. The van der Waals surface area contributed by atoms with Crippen molar-refractivity contribution >= 4 is 21.9 Å². The second-order valence-electron chi connectivity index (χ2n) is 3.16. The van der Waals surface area contributed by atoms with Gasteiger partial charge < -0.3 is 4.74 Å². The highest BCUT2D eigenvalue weighted by molar-refractivity contribution is 9.10. The van der Waals surface area contributed by atoms with E-state index >= 15 is 0 Å². The Labute approximate surface area is 104 Å². The number of ether oxygens (including phenoxy) is 1. The number of hydrogen-bond donors (Lipinski definition) is 0. The van der Waals surface area contributed by atoms with E-state index in [1.807, 2.05) is 0 Å². The Morgan fingerprint density at radius 2 is 2.24 bits per heavy atom. The van der Waals surface area contributed by atoms with E-state index in [0.717, 1.165) is 4.68 Å². The molecule has 0 bridgehead atoms. The lowest BCUT2D eigenvalue weighted by atomic mass is 10.3. The molecule has 17 heavy (non-hydrogen) atoms. The van der Waals surface area contributed by atoms with Gasteiger partial charge in [-0.2, -0.15) is 18.3 Å². The average molecular weight is 315 g/mol. The predicted molar refractivity (Wildman–Crippen MR) is 56.6 cm³/mol. The third-order valence-electron chi connectivity index (χ3n) is 1.88. The van der Waals surface area contributed by atoms with E-state index < -0.39 is 18.6 Å². The molecule has 0 radical (unpaired) electrons. The minimum absolute atomic E-state index is 0.119. The highest BCUT2D eigenvalue weighted by Crippen LogP contribution is 2.23. The number of aryl methyl sites for hydroxylation is 1. The molecule has 0 aliphatic heterocycles. The van der Waals surface area contributed by atoms with Crippen LogP contribution in [0.25, 0.3) is 0 Å². The lowest BCUT2D eigenvalue weighted by Crippen LogP contribution is -2.13. The zero-order valence-corrected chi connectivity index (χ0v) is 10.5. The van der Waals surface area contributed by atoms with E-state index in [2.05, 4.69) is 21.0 Å². The topological polar surface area (TPSA) is 44.1 Å². The van der Waals surface area contributed by atoms with Crippen LogP contribution in [0.2, 0.25) is 0 Å². The zero-order valence-electron chi connectivity index (χ0n) is 8.92. The van der Waals surface area contributed by atoms with Gasteiger partial charge in [0, 0.05) is 0 Å². The van der Waals surface area contributed by atoms with Gasteiger partial charge >= 0.3 is 12.1 Å². The Balaban J connectivity index is 2.74. The van der Waals surface area contributed by atoms with Crippen LogP contribution in [-0.2, 0) is 11.3 Å². The summed E-state index contributed by atoms with van der Waals surface area (Å²) in [5.41, 5.74) is 0.119. The zero-order chi connectivity index (χ0) is 13.1. The van der Waals surface area contributed by atoms with Crippen LogP contribution in [0.3, 0.4) is 0 Å². The predicted octanol–water partition coefficient (Wildman–Crippen LogP) is 2.77. The van der Waals surface area contributed by atoms with E-state index in [1.165, 1.54) is 6.20 Å². The van der Waals surface area contributed by atoms with E-state index in [9.17, 15) is 18.0 Å². The average Bonchev–Trinajstić information content (AvgIpc) is 2.56. The van der Waals surface area contributed by atoms with Crippen LogP contribution in [-0.4, -0.2) is 28.5 Å². The van der Waals surface area contributed by atoms with E-state index in [1.54, 1.807) is 6.92 Å². The van der Waals surface area contributed by atoms with Crippen LogP contribution < -0.4 is 0 Å². The quantitative estimate of drug-likeness (QED) is 0.803. The van der Waals surface area contributed by atoms with Crippen LogP contribution in [0.5, 0.6) is 0 Å². The van der Waals surface area contributed by atoms with Crippen LogP contribution in [0.15, 0.2) is 10.8 Å². The molecule has 0 atom stereocenters. The first-order valence-electron chi connectivity index (χ1n) is 4.80. The Morgan fingerprint density at radius 3 is 2.76 bits per heavy atom. The van der Waals surface area contributed by atoms with Crippen molar-refractivity contribution in [2.45, 2.75) is 26.1 Å². The van der Waals surface area contributed by atoms with Gasteiger partial charge in [-0.25, -0.2) is 4.79 Å². The van der Waals surface area contributed by atoms with Crippen molar-refractivity contribution in [1.82, 2.24) is 9.78 Å². The minimum Gasteiger partial charge on any atom is -0.462 e. The molecular weight excluding hydrogens is 305 g/mol. The number of esters is 1. The molecule has 0 saturated carbocycles. The monoisotopic (exact) mass is 314 g/mol. The third-order valence-corrected chi connectivity index (χ3v) is 2.71. The first kappa shape index (κ1) is 14.0. The standard InChI is InChI=1S/C9H10BrF3N2O2/c1-2-17-8(16)6-5-14-15(7(6)10)4-3-9(11,12)13/h5H,2-4H2,1H3. The highest BCUT2D eigenvalue weighted by atomic mass is 79.9. The normalized spacial score (nSPS) is 11.6. The number of rotatable bonds is 4. The Morgan fingerprint density at radius 1 is 1.59 bits per heavy atom. The van der Waals surface area contributed by atoms with Gasteiger partial charge in [0.05, 0.1) is 25.8 Å². The maximum atomic E-state index is 12.0. The van der Waals surface area contributed by atoms with Crippen molar-refractivity contribution in [3.63, 3.8) is 0 Å². The van der Waals surface area contributed by atoms with Crippen LogP contribution in [0.4, 0.5) is 13.2 Å². The largest absolute Gasteiger partial charge is 0.462 e. The molecule has 0 saturated heterocycles. The van der Waals surface area contributed by atoms with Gasteiger partial charge in [-0.3, -0.25) is 4.68 Å². The van der Waals surface area contributed by atoms with Gasteiger partial charge in [0.15, 0.2) is 0 Å². The van der Waals surface area contributed by atoms with Gasteiger partial charge in [0.25, 0.3) is 0 Å². The number of carbonyl (C=O) groups excluding carboxylic acids is 1. The van der Waals surface area contributed by atoms with Crippen molar-refractivity contribution < 1.29 is 22.7 Å². The summed E-state index contributed by atoms with van der Waals surface area (Å²) in [6, 6.07) is 0. The third kappa shape index (κ3) is 4.03. The molecule has 96 valence electrons. The molecule has 1 aromatic rings. The molecule has 0 spiro atoms. The molecule has 8 heteroatoms. The van der Waals surface area contributed by atoms with Crippen molar-refractivity contribution in [2.75, 3.05) is 6.61 Å². The first-order chi connectivity index (χ1) is 7.85. The van der Waals surface area contributed by atoms with Crippen molar-refractivity contribution in [2.24, 2.45) is 0 Å². The van der Waals surface area contributed by atoms with Crippen LogP contribution in [0, 0.1) is 0 Å². The summed E-state index contributed by atoms with van der Waals surface area (Å²) in [6.45, 7) is 1.49. The Hall–Kier alpha value is -1.05. The molecule has 0 unspecified atom stereocenters. The first-order valence-corrected chi connectivity index (χ1v) is 5.59. The van der Waals surface area contributed by atoms with Crippen molar-refractivity contribution in [3.05, 3.63) is 16.4 Å². The van der Waals surface area contributed by atoms with Crippen LogP contribution in [0.1, 0.15) is 23.7 Å². The molecule has 0 fully saturated rings. The van der Waals surface area contributed by atoms with E-state index in [4.69, 9.17) is 4.74 Å². The smallest absolute Gasteiger partial charge is 0.390 e. The van der Waals surface area contributed by atoms with Gasteiger partial charge in [-0.05, 0) is 22.9 Å². The summed E-state index contributed by atoms with van der Waals surface area (Å²) in [4.78, 5) is 11.4. The van der Waals surface area contributed by atoms with Gasteiger partial charge in [0.1, 0.15) is 10.2 Å². The maximum absolute atomic E-state index is 12.0. The maximum Gasteiger partial charge on any atom is 0.390 e. The summed E-state index contributed by atoms with van der Waals surface area (Å²) < 4.78 is 42.0. The lowest BCUT2D eigenvalue weighted by Gasteiger charge is -2.07. The second kappa shape index (κ2) is 5.52. The summed E-state index contributed by atoms with van der Waals surface area (Å²) in [6.07, 6.45) is -4.08. The summed E-state index contributed by atoms with van der Waals surface area (Å²) in [5, 5.41) is 3.69.